The number of hydrogen-bond donors (Lipinski definition) is 1. The van der Waals surface area contributed by atoms with E-state index in [1.807, 2.05) is 0 Å². The average molecular weight is 145 g/mol. The van der Waals surface area contributed by atoms with Crippen LogP contribution >= 0.6 is 24.2 Å². The van der Waals surface area contributed by atoms with Crippen molar-refractivity contribution in [3.8, 4) is 0 Å². The second kappa shape index (κ2) is 2.28. The van der Waals surface area contributed by atoms with Gasteiger partial charge in [0.1, 0.15) is 0 Å². The molecule has 0 aliphatic heterocycles. The smallest absolute Gasteiger partial charge is 0.218 e. The van der Waals surface area contributed by atoms with Gasteiger partial charge >= 0.3 is 0 Å². The summed E-state index contributed by atoms with van der Waals surface area (Å²) >= 11 is 4.83. The van der Waals surface area contributed by atoms with Crippen LogP contribution in [0.1, 0.15) is 10.4 Å². The summed E-state index contributed by atoms with van der Waals surface area (Å²) < 4.78 is 3.72. The predicted molar refractivity (Wildman–Crippen MR) is 35.4 cm³/mol. The maximum Gasteiger partial charge on any atom is 0.218 e. The van der Waals surface area contributed by atoms with Crippen molar-refractivity contribution in [3.05, 3.63) is 17.1 Å². The van der Waals surface area contributed by atoms with Crippen molar-refractivity contribution in [3.63, 3.8) is 0 Å². The van der Waals surface area contributed by atoms with E-state index in [0.29, 0.717) is 5.56 Å². The zero-order valence-electron chi connectivity index (χ0n) is 3.87. The zero-order valence-corrected chi connectivity index (χ0v) is 5.58. The van der Waals surface area contributed by atoms with Crippen LogP contribution in [0.25, 0.3) is 0 Å². The quantitative estimate of drug-likeness (QED) is 0.602. The molecule has 0 unspecified atom stereocenters. The van der Waals surface area contributed by atoms with E-state index in [-0.39, 0.29) is 5.12 Å². The average Bonchev–Trinajstić information content (AvgIpc) is 2.12. The normalized spacial score (nSPS) is 9.12. The first kappa shape index (κ1) is 5.78. The molecule has 0 saturated heterocycles. The molecule has 0 aromatic carbocycles. The Morgan fingerprint density at radius 2 is 2.62 bits per heavy atom. The van der Waals surface area contributed by atoms with Crippen LogP contribution in [0.15, 0.2) is 11.6 Å². The largest absolute Gasteiger partial charge is 0.282 e. The van der Waals surface area contributed by atoms with E-state index in [4.69, 9.17) is 0 Å². The lowest BCUT2D eigenvalue weighted by Crippen LogP contribution is -1.81. The van der Waals surface area contributed by atoms with E-state index in [9.17, 15) is 4.79 Å². The Bertz CT molecular complexity index is 182. The standard InChI is InChI=1S/C4H3NOS2/c6-4(7)3-1-5-8-2-3/h1-2H,(H,6,7). The Labute approximate surface area is 56.1 Å². The Hall–Kier alpha value is -0.350. The maximum atomic E-state index is 10.3. The summed E-state index contributed by atoms with van der Waals surface area (Å²) in [6, 6.07) is 0. The van der Waals surface area contributed by atoms with E-state index >= 15 is 0 Å². The minimum Gasteiger partial charge on any atom is -0.282 e. The van der Waals surface area contributed by atoms with Gasteiger partial charge in [0.05, 0.1) is 11.8 Å². The molecule has 1 aromatic rings. The second-order valence-corrected chi connectivity index (χ2v) is 2.28. The van der Waals surface area contributed by atoms with Crippen LogP contribution in [0.2, 0.25) is 0 Å². The lowest BCUT2D eigenvalue weighted by molar-refractivity contribution is 0.109. The molecule has 0 aliphatic carbocycles. The van der Waals surface area contributed by atoms with Crippen molar-refractivity contribution in [1.29, 1.82) is 0 Å². The Morgan fingerprint density at radius 3 is 2.88 bits per heavy atom. The van der Waals surface area contributed by atoms with Gasteiger partial charge in [-0.05, 0) is 11.5 Å². The number of thiol groups is 1. The van der Waals surface area contributed by atoms with E-state index < -0.39 is 0 Å². The second-order valence-electron chi connectivity index (χ2n) is 1.22. The van der Waals surface area contributed by atoms with Crippen LogP contribution in [0.5, 0.6) is 0 Å². The molecule has 0 amide bonds. The first-order chi connectivity index (χ1) is 3.80. The van der Waals surface area contributed by atoms with Crippen molar-refractivity contribution >= 4 is 29.3 Å². The fraction of sp³-hybridized carbons (Fsp3) is 0. The van der Waals surface area contributed by atoms with Gasteiger partial charge in [-0.15, -0.1) is 12.6 Å². The van der Waals surface area contributed by atoms with Gasteiger partial charge in [0.2, 0.25) is 5.12 Å². The third-order valence-corrected chi connectivity index (χ3v) is 1.52. The van der Waals surface area contributed by atoms with E-state index in [0.717, 1.165) is 0 Å². The molecule has 1 rings (SSSR count). The summed E-state index contributed by atoms with van der Waals surface area (Å²) in [4.78, 5) is 10.3. The summed E-state index contributed by atoms with van der Waals surface area (Å²) in [5.74, 6) is 0. The Balaban J connectivity index is 2.93. The molecule has 8 heavy (non-hydrogen) atoms. The molecule has 1 heterocycles. The number of nitrogens with zero attached hydrogens (tertiary/aromatic N) is 1. The molecule has 2 nitrogen and oxygen atoms in total. The van der Waals surface area contributed by atoms with Gasteiger partial charge < -0.3 is 0 Å². The molecule has 1 aromatic heterocycles. The SMILES string of the molecule is O=C(S)c1cnsc1. The number of carbonyl (C=O) groups excluding carboxylic acids is 1. The fourth-order valence-electron chi connectivity index (χ4n) is 0.310. The molecule has 0 atom stereocenters. The van der Waals surface area contributed by atoms with E-state index in [1.165, 1.54) is 17.7 Å². The Kier molecular flexibility index (Phi) is 1.65. The van der Waals surface area contributed by atoms with Crippen LogP contribution in [-0.2, 0) is 0 Å². The Morgan fingerprint density at radius 1 is 1.88 bits per heavy atom. The molecule has 0 aliphatic rings. The topological polar surface area (TPSA) is 30.0 Å². The van der Waals surface area contributed by atoms with Crippen molar-refractivity contribution < 1.29 is 4.79 Å². The van der Waals surface area contributed by atoms with Crippen molar-refractivity contribution in [2.45, 2.75) is 0 Å². The van der Waals surface area contributed by atoms with Crippen LogP contribution in [0.4, 0.5) is 0 Å². The number of carbonyl (C=O) groups is 1. The first-order valence-electron chi connectivity index (χ1n) is 1.93. The highest BCUT2D eigenvalue weighted by Crippen LogP contribution is 2.03. The van der Waals surface area contributed by atoms with Crippen molar-refractivity contribution in [2.75, 3.05) is 0 Å². The molecule has 0 spiro atoms. The molecule has 0 N–H and O–H groups in total. The molecular weight excluding hydrogens is 142 g/mol. The molecular formula is C4H3NOS2. The fourth-order valence-corrected chi connectivity index (χ4v) is 1.04. The summed E-state index contributed by atoms with van der Waals surface area (Å²) in [6.45, 7) is 0. The highest BCUT2D eigenvalue weighted by molar-refractivity contribution is 7.97. The highest BCUT2D eigenvalue weighted by Gasteiger charge is 1.97. The molecule has 4 heteroatoms. The predicted octanol–water partition coefficient (Wildman–Crippen LogP) is 1.21. The molecule has 42 valence electrons. The van der Waals surface area contributed by atoms with Crippen LogP contribution in [0, 0.1) is 0 Å². The van der Waals surface area contributed by atoms with Crippen molar-refractivity contribution in [2.24, 2.45) is 0 Å². The van der Waals surface area contributed by atoms with Gasteiger partial charge in [0.15, 0.2) is 0 Å². The molecule has 0 radical (unpaired) electrons. The van der Waals surface area contributed by atoms with Crippen LogP contribution in [-0.4, -0.2) is 9.49 Å². The molecule has 0 saturated carbocycles. The summed E-state index contributed by atoms with van der Waals surface area (Å²) in [6.07, 6.45) is 1.50. The van der Waals surface area contributed by atoms with Gasteiger partial charge in [-0.2, -0.15) is 0 Å². The lowest BCUT2D eigenvalue weighted by atomic mass is 10.4. The van der Waals surface area contributed by atoms with E-state index in [1.54, 1.807) is 5.38 Å². The highest BCUT2D eigenvalue weighted by atomic mass is 32.1. The zero-order chi connectivity index (χ0) is 5.98. The van der Waals surface area contributed by atoms with E-state index in [2.05, 4.69) is 17.0 Å². The minimum absolute atomic E-state index is 0.223. The summed E-state index contributed by atoms with van der Waals surface area (Å²) in [5.41, 5.74) is 0.568. The lowest BCUT2D eigenvalue weighted by Gasteiger charge is -1.76. The molecule has 0 fully saturated rings. The number of hydrogen-bond acceptors (Lipinski definition) is 3. The van der Waals surface area contributed by atoms with Crippen LogP contribution in [0.3, 0.4) is 0 Å². The number of rotatable bonds is 1. The number of aromatic nitrogens is 1. The molecule has 0 bridgehead atoms. The monoisotopic (exact) mass is 145 g/mol. The van der Waals surface area contributed by atoms with Crippen LogP contribution < -0.4 is 0 Å². The van der Waals surface area contributed by atoms with Gasteiger partial charge in [0, 0.05) is 5.38 Å². The van der Waals surface area contributed by atoms with Gasteiger partial charge in [-0.3, -0.25) is 4.79 Å². The maximum absolute atomic E-state index is 10.3. The minimum atomic E-state index is -0.223. The van der Waals surface area contributed by atoms with Gasteiger partial charge in [0.25, 0.3) is 0 Å². The van der Waals surface area contributed by atoms with Gasteiger partial charge in [-0.1, -0.05) is 0 Å². The van der Waals surface area contributed by atoms with Crippen molar-refractivity contribution in [1.82, 2.24) is 4.37 Å². The summed E-state index contributed by atoms with van der Waals surface area (Å²) in [7, 11) is 0. The first-order valence-corrected chi connectivity index (χ1v) is 3.22. The third-order valence-electron chi connectivity index (χ3n) is 0.679. The van der Waals surface area contributed by atoms with Gasteiger partial charge in [-0.25, -0.2) is 4.37 Å². The summed E-state index contributed by atoms with van der Waals surface area (Å²) in [5, 5.41) is 1.44. The third kappa shape index (κ3) is 1.08.